The molecule has 0 saturated heterocycles. The van der Waals surface area contributed by atoms with Crippen LogP contribution in [0, 0.1) is 0 Å². The third-order valence-corrected chi connectivity index (χ3v) is 4.29. The Bertz CT molecular complexity index is 1000. The summed E-state index contributed by atoms with van der Waals surface area (Å²) in [6.45, 7) is 0.521. The van der Waals surface area contributed by atoms with Crippen molar-refractivity contribution in [3.05, 3.63) is 88.8 Å². The molecule has 1 aromatic heterocycles. The van der Waals surface area contributed by atoms with Crippen molar-refractivity contribution < 1.29 is 18.8 Å². The molecule has 8 heteroatoms. The number of benzene rings is 2. The molecular formula is C21H18ClN3O4. The third kappa shape index (κ3) is 5.46. The molecule has 29 heavy (non-hydrogen) atoms. The maximum atomic E-state index is 12.3. The zero-order chi connectivity index (χ0) is 20.6. The van der Waals surface area contributed by atoms with Gasteiger partial charge in [0.2, 0.25) is 0 Å². The van der Waals surface area contributed by atoms with Crippen LogP contribution in [0.4, 0.5) is 5.69 Å². The normalized spacial score (nSPS) is 10.2. The second kappa shape index (κ2) is 9.57. The Kier molecular flexibility index (Phi) is 6.65. The van der Waals surface area contributed by atoms with Crippen LogP contribution in [0.5, 0.6) is 0 Å². The Morgan fingerprint density at radius 3 is 2.14 bits per heavy atom. The number of nitrogens with one attached hydrogen (secondary N) is 3. The van der Waals surface area contributed by atoms with Crippen molar-refractivity contribution in [2.75, 3.05) is 18.4 Å². The molecule has 0 bridgehead atoms. The lowest BCUT2D eigenvalue weighted by Gasteiger charge is -2.09. The van der Waals surface area contributed by atoms with Gasteiger partial charge in [0.1, 0.15) is 0 Å². The van der Waals surface area contributed by atoms with Crippen LogP contribution < -0.4 is 16.0 Å². The maximum Gasteiger partial charge on any atom is 0.287 e. The van der Waals surface area contributed by atoms with Gasteiger partial charge in [-0.15, -0.1) is 0 Å². The molecule has 2 aromatic carbocycles. The number of furan rings is 1. The average molecular weight is 412 g/mol. The van der Waals surface area contributed by atoms with E-state index in [0.717, 1.165) is 0 Å². The first kappa shape index (κ1) is 20.2. The molecule has 0 spiro atoms. The summed E-state index contributed by atoms with van der Waals surface area (Å²) in [5.74, 6) is -0.755. The van der Waals surface area contributed by atoms with Crippen molar-refractivity contribution >= 4 is 35.0 Å². The van der Waals surface area contributed by atoms with E-state index >= 15 is 0 Å². The van der Waals surface area contributed by atoms with Gasteiger partial charge in [0, 0.05) is 24.3 Å². The predicted octanol–water partition coefficient (Wildman–Crippen LogP) is 3.35. The van der Waals surface area contributed by atoms with E-state index in [2.05, 4.69) is 16.0 Å². The fraction of sp³-hybridized carbons (Fsp3) is 0.0952. The van der Waals surface area contributed by atoms with E-state index in [9.17, 15) is 14.4 Å². The first-order chi connectivity index (χ1) is 14.0. The van der Waals surface area contributed by atoms with E-state index in [1.807, 2.05) is 0 Å². The average Bonchev–Trinajstić information content (AvgIpc) is 3.27. The van der Waals surface area contributed by atoms with Crippen LogP contribution in [0.15, 0.2) is 71.3 Å². The molecule has 1 heterocycles. The second-order valence-electron chi connectivity index (χ2n) is 6.00. The van der Waals surface area contributed by atoms with Gasteiger partial charge in [0.05, 0.1) is 16.8 Å². The molecule has 0 saturated carbocycles. The lowest BCUT2D eigenvalue weighted by molar-refractivity contribution is 0.0910. The van der Waals surface area contributed by atoms with E-state index in [0.29, 0.717) is 21.8 Å². The van der Waals surface area contributed by atoms with Gasteiger partial charge in [-0.25, -0.2) is 0 Å². The van der Waals surface area contributed by atoms with E-state index in [1.165, 1.54) is 6.26 Å². The van der Waals surface area contributed by atoms with Crippen LogP contribution in [0.1, 0.15) is 31.3 Å². The summed E-state index contributed by atoms with van der Waals surface area (Å²) in [5.41, 5.74) is 1.34. The molecule has 0 aliphatic heterocycles. The summed E-state index contributed by atoms with van der Waals surface area (Å²) in [6.07, 6.45) is 1.41. The summed E-state index contributed by atoms with van der Waals surface area (Å²) >= 11 is 6.02. The molecule has 0 aliphatic rings. The summed E-state index contributed by atoms with van der Waals surface area (Å²) in [4.78, 5) is 36.1. The number of hydrogen-bond donors (Lipinski definition) is 3. The lowest BCUT2D eigenvalue weighted by Crippen LogP contribution is -2.34. The fourth-order valence-corrected chi connectivity index (χ4v) is 2.72. The molecule has 3 aromatic rings. The minimum atomic E-state index is -0.345. The first-order valence-electron chi connectivity index (χ1n) is 8.80. The molecule has 7 nitrogen and oxygen atoms in total. The van der Waals surface area contributed by atoms with Crippen LogP contribution in [0.3, 0.4) is 0 Å². The SMILES string of the molecule is O=C(NCCNC(=O)c1ccco1)c1ccc(NC(=O)c2ccccc2Cl)cc1. The predicted molar refractivity (Wildman–Crippen MR) is 109 cm³/mol. The standard InChI is InChI=1S/C21H18ClN3O4/c22-17-5-2-1-4-16(17)20(27)25-15-9-7-14(8-10-15)19(26)23-11-12-24-21(28)18-6-3-13-29-18/h1-10,13H,11-12H2,(H,23,26)(H,24,28)(H,25,27). The number of rotatable bonds is 7. The van der Waals surface area contributed by atoms with Crippen molar-refractivity contribution in [3.63, 3.8) is 0 Å². The highest BCUT2D eigenvalue weighted by molar-refractivity contribution is 6.34. The zero-order valence-corrected chi connectivity index (χ0v) is 16.0. The minimum Gasteiger partial charge on any atom is -0.459 e. The largest absolute Gasteiger partial charge is 0.459 e. The summed E-state index contributed by atoms with van der Waals surface area (Å²) in [5, 5.41) is 8.43. The highest BCUT2D eigenvalue weighted by atomic mass is 35.5. The summed E-state index contributed by atoms with van der Waals surface area (Å²) in [7, 11) is 0. The summed E-state index contributed by atoms with van der Waals surface area (Å²) < 4.78 is 4.98. The van der Waals surface area contributed by atoms with Crippen LogP contribution in [-0.2, 0) is 0 Å². The van der Waals surface area contributed by atoms with Crippen molar-refractivity contribution in [2.24, 2.45) is 0 Å². The van der Waals surface area contributed by atoms with Gasteiger partial charge >= 0.3 is 0 Å². The number of hydrogen-bond acceptors (Lipinski definition) is 4. The van der Waals surface area contributed by atoms with Gasteiger partial charge in [-0.05, 0) is 48.5 Å². The Hall–Kier alpha value is -3.58. The third-order valence-electron chi connectivity index (χ3n) is 3.96. The van der Waals surface area contributed by atoms with Gasteiger partial charge in [0.25, 0.3) is 17.7 Å². The Morgan fingerprint density at radius 2 is 1.48 bits per heavy atom. The fourth-order valence-electron chi connectivity index (χ4n) is 2.50. The number of carbonyl (C=O) groups is 3. The van der Waals surface area contributed by atoms with Crippen LogP contribution in [0.25, 0.3) is 0 Å². The van der Waals surface area contributed by atoms with E-state index in [4.69, 9.17) is 16.0 Å². The van der Waals surface area contributed by atoms with Gasteiger partial charge in [-0.1, -0.05) is 23.7 Å². The molecule has 0 fully saturated rings. The Labute approximate surface area is 172 Å². The van der Waals surface area contributed by atoms with Crippen LogP contribution in [0.2, 0.25) is 5.02 Å². The maximum absolute atomic E-state index is 12.3. The monoisotopic (exact) mass is 411 g/mol. The number of anilines is 1. The second-order valence-corrected chi connectivity index (χ2v) is 6.41. The molecule has 148 valence electrons. The molecule has 0 atom stereocenters. The van der Waals surface area contributed by atoms with Gasteiger partial charge in [0.15, 0.2) is 5.76 Å². The van der Waals surface area contributed by atoms with Gasteiger partial charge in [-0.2, -0.15) is 0 Å². The molecule has 0 unspecified atom stereocenters. The molecular weight excluding hydrogens is 394 g/mol. The van der Waals surface area contributed by atoms with E-state index < -0.39 is 0 Å². The Balaban J connectivity index is 1.46. The number of carbonyl (C=O) groups excluding carboxylic acids is 3. The van der Waals surface area contributed by atoms with Crippen molar-refractivity contribution in [1.82, 2.24) is 10.6 Å². The minimum absolute atomic E-state index is 0.214. The van der Waals surface area contributed by atoms with E-state index in [1.54, 1.807) is 60.7 Å². The van der Waals surface area contributed by atoms with Crippen molar-refractivity contribution in [2.45, 2.75) is 0 Å². The summed E-state index contributed by atoms with van der Waals surface area (Å²) in [6, 6.07) is 16.4. The molecule has 3 amide bonds. The van der Waals surface area contributed by atoms with Crippen molar-refractivity contribution in [1.29, 1.82) is 0 Å². The van der Waals surface area contributed by atoms with Gasteiger partial charge in [-0.3, -0.25) is 14.4 Å². The van der Waals surface area contributed by atoms with E-state index in [-0.39, 0.29) is 36.6 Å². The number of amides is 3. The number of halogens is 1. The highest BCUT2D eigenvalue weighted by Crippen LogP contribution is 2.17. The lowest BCUT2D eigenvalue weighted by atomic mass is 10.1. The van der Waals surface area contributed by atoms with Crippen molar-refractivity contribution in [3.8, 4) is 0 Å². The van der Waals surface area contributed by atoms with Gasteiger partial charge < -0.3 is 20.4 Å². The zero-order valence-electron chi connectivity index (χ0n) is 15.3. The van der Waals surface area contributed by atoms with Crippen LogP contribution in [-0.4, -0.2) is 30.8 Å². The topological polar surface area (TPSA) is 100 Å². The Morgan fingerprint density at radius 1 is 0.793 bits per heavy atom. The molecule has 0 radical (unpaired) electrons. The molecule has 0 aliphatic carbocycles. The molecule has 3 N–H and O–H groups in total. The van der Waals surface area contributed by atoms with Crippen LogP contribution >= 0.6 is 11.6 Å². The first-order valence-corrected chi connectivity index (χ1v) is 9.18. The molecule has 3 rings (SSSR count). The highest BCUT2D eigenvalue weighted by Gasteiger charge is 2.11. The smallest absolute Gasteiger partial charge is 0.287 e. The quantitative estimate of drug-likeness (QED) is 0.519.